The van der Waals surface area contributed by atoms with Gasteiger partial charge in [0.25, 0.3) is 0 Å². The minimum Gasteiger partial charge on any atom is -0.200 e. The summed E-state index contributed by atoms with van der Waals surface area (Å²) in [6.45, 7) is 4.06. The van der Waals surface area contributed by atoms with Gasteiger partial charge in [0.2, 0.25) is 0 Å². The molecule has 2 heterocycles. The third kappa shape index (κ3) is 0.790. The molecule has 56 valence electrons. The largest absolute Gasteiger partial charge is 0.200 e. The fourth-order valence-corrected chi connectivity index (χ4v) is 1.02. The molecule has 0 amide bonds. The molecule has 2 rings (SSSR count). The SMILES string of the molecule is Cc1ccn2nnnc2c1C. The van der Waals surface area contributed by atoms with Crippen LogP contribution in [0.2, 0.25) is 0 Å². The highest BCUT2D eigenvalue weighted by Gasteiger charge is 2.01. The Morgan fingerprint density at radius 1 is 1.36 bits per heavy atom. The number of fused-ring (bicyclic) bond motifs is 1. The van der Waals surface area contributed by atoms with Crippen molar-refractivity contribution in [1.82, 2.24) is 20.0 Å². The minimum atomic E-state index is 0.838. The summed E-state index contributed by atoms with van der Waals surface area (Å²) in [4.78, 5) is 0. The number of rotatable bonds is 0. The molecule has 0 aromatic carbocycles. The molecule has 4 nitrogen and oxygen atoms in total. The van der Waals surface area contributed by atoms with E-state index in [2.05, 4.69) is 15.5 Å². The molecule has 0 N–H and O–H groups in total. The van der Waals surface area contributed by atoms with Gasteiger partial charge in [-0.3, -0.25) is 0 Å². The Hall–Kier alpha value is -1.45. The zero-order chi connectivity index (χ0) is 7.84. The molecule has 11 heavy (non-hydrogen) atoms. The first-order valence-corrected chi connectivity index (χ1v) is 3.43. The van der Waals surface area contributed by atoms with Gasteiger partial charge in [0, 0.05) is 6.20 Å². The molecule has 0 fully saturated rings. The van der Waals surface area contributed by atoms with Gasteiger partial charge in [-0.25, -0.2) is 4.52 Å². The Morgan fingerprint density at radius 2 is 2.18 bits per heavy atom. The smallest absolute Gasteiger partial charge is 0.182 e. The Morgan fingerprint density at radius 3 is 3.00 bits per heavy atom. The summed E-state index contributed by atoms with van der Waals surface area (Å²) in [5.74, 6) is 0. The van der Waals surface area contributed by atoms with Crippen LogP contribution in [0.25, 0.3) is 5.65 Å². The maximum absolute atomic E-state index is 3.88. The molecule has 0 saturated heterocycles. The molecule has 2 aromatic heterocycles. The summed E-state index contributed by atoms with van der Waals surface area (Å²) in [6.07, 6.45) is 1.86. The number of nitrogens with zero attached hydrogens (tertiary/aromatic N) is 4. The maximum atomic E-state index is 3.88. The van der Waals surface area contributed by atoms with Crippen LogP contribution in [0.1, 0.15) is 11.1 Å². The van der Waals surface area contributed by atoms with E-state index in [0.29, 0.717) is 0 Å². The number of aromatic nitrogens is 4. The predicted molar refractivity (Wildman–Crippen MR) is 40.3 cm³/mol. The molecule has 0 unspecified atom stereocenters. The lowest BCUT2D eigenvalue weighted by atomic mass is 10.2. The second-order valence-electron chi connectivity index (χ2n) is 2.57. The van der Waals surface area contributed by atoms with E-state index in [9.17, 15) is 0 Å². The molecular formula is C7H8N4. The summed E-state index contributed by atoms with van der Waals surface area (Å²) in [5, 5.41) is 11.2. The van der Waals surface area contributed by atoms with Crippen molar-refractivity contribution in [2.75, 3.05) is 0 Å². The Labute approximate surface area is 63.8 Å². The first kappa shape index (κ1) is 6.27. The van der Waals surface area contributed by atoms with Gasteiger partial charge in [0.05, 0.1) is 0 Å². The number of hydrogen-bond donors (Lipinski definition) is 0. The summed E-state index contributed by atoms with van der Waals surface area (Å²) < 4.78 is 1.67. The van der Waals surface area contributed by atoms with Crippen molar-refractivity contribution >= 4 is 5.65 Å². The fourth-order valence-electron chi connectivity index (χ4n) is 1.02. The standard InChI is InChI=1S/C7H8N4/c1-5-3-4-11-7(6(5)2)8-9-10-11/h3-4H,1-2H3. The summed E-state index contributed by atoms with van der Waals surface area (Å²) in [7, 11) is 0. The molecule has 0 bridgehead atoms. The molecule has 0 radical (unpaired) electrons. The van der Waals surface area contributed by atoms with Crippen LogP contribution in [-0.2, 0) is 0 Å². The molecular weight excluding hydrogens is 140 g/mol. The van der Waals surface area contributed by atoms with Gasteiger partial charge in [-0.2, -0.15) is 0 Å². The van der Waals surface area contributed by atoms with Crippen LogP contribution in [0.15, 0.2) is 12.3 Å². The lowest BCUT2D eigenvalue weighted by Gasteiger charge is -1.97. The number of tetrazole rings is 1. The van der Waals surface area contributed by atoms with Crippen LogP contribution in [-0.4, -0.2) is 20.0 Å². The van der Waals surface area contributed by atoms with Crippen LogP contribution in [0.3, 0.4) is 0 Å². The van der Waals surface area contributed by atoms with Crippen LogP contribution in [0, 0.1) is 13.8 Å². The summed E-state index contributed by atoms with van der Waals surface area (Å²) in [6, 6.07) is 2.00. The van der Waals surface area contributed by atoms with Crippen LogP contribution < -0.4 is 0 Å². The third-order valence-corrected chi connectivity index (χ3v) is 1.89. The van der Waals surface area contributed by atoms with Gasteiger partial charge in [-0.1, -0.05) is 0 Å². The molecule has 0 spiro atoms. The quantitative estimate of drug-likeness (QED) is 0.553. The summed E-state index contributed by atoms with van der Waals surface area (Å²) in [5.41, 5.74) is 3.19. The average molecular weight is 148 g/mol. The average Bonchev–Trinajstić information content (AvgIpc) is 2.45. The van der Waals surface area contributed by atoms with Gasteiger partial charge in [-0.15, -0.1) is 5.10 Å². The number of aryl methyl sites for hydroxylation is 2. The topological polar surface area (TPSA) is 43.1 Å². The van der Waals surface area contributed by atoms with Gasteiger partial charge in [0.15, 0.2) is 5.65 Å². The van der Waals surface area contributed by atoms with Crippen LogP contribution in [0.4, 0.5) is 0 Å². The lowest BCUT2D eigenvalue weighted by Crippen LogP contribution is -1.91. The normalized spacial score (nSPS) is 10.7. The van der Waals surface area contributed by atoms with Gasteiger partial charge < -0.3 is 0 Å². The second kappa shape index (κ2) is 2.02. The maximum Gasteiger partial charge on any atom is 0.182 e. The number of hydrogen-bond acceptors (Lipinski definition) is 3. The zero-order valence-electron chi connectivity index (χ0n) is 6.44. The fraction of sp³-hybridized carbons (Fsp3) is 0.286. The van der Waals surface area contributed by atoms with Crippen LogP contribution >= 0.6 is 0 Å². The van der Waals surface area contributed by atoms with E-state index < -0.39 is 0 Å². The van der Waals surface area contributed by atoms with E-state index >= 15 is 0 Å². The van der Waals surface area contributed by atoms with E-state index in [1.165, 1.54) is 5.56 Å². The Balaban J connectivity index is 2.93. The van der Waals surface area contributed by atoms with Gasteiger partial charge >= 0.3 is 0 Å². The highest BCUT2D eigenvalue weighted by Crippen LogP contribution is 2.09. The van der Waals surface area contributed by atoms with Crippen molar-refractivity contribution in [2.24, 2.45) is 0 Å². The molecule has 0 aliphatic heterocycles. The summed E-state index contributed by atoms with van der Waals surface area (Å²) >= 11 is 0. The molecule has 0 saturated carbocycles. The van der Waals surface area contributed by atoms with E-state index in [0.717, 1.165) is 11.2 Å². The minimum absolute atomic E-state index is 0.838. The van der Waals surface area contributed by atoms with E-state index in [4.69, 9.17) is 0 Å². The predicted octanol–water partition coefficient (Wildman–Crippen LogP) is 0.741. The molecule has 0 atom stereocenters. The van der Waals surface area contributed by atoms with Crippen LogP contribution in [0.5, 0.6) is 0 Å². The molecule has 0 aliphatic rings. The number of pyridine rings is 1. The third-order valence-electron chi connectivity index (χ3n) is 1.89. The first-order valence-electron chi connectivity index (χ1n) is 3.43. The monoisotopic (exact) mass is 148 g/mol. The molecule has 2 aromatic rings. The van der Waals surface area contributed by atoms with Crippen molar-refractivity contribution in [3.8, 4) is 0 Å². The first-order chi connectivity index (χ1) is 5.29. The Kier molecular flexibility index (Phi) is 1.15. The van der Waals surface area contributed by atoms with E-state index in [1.54, 1.807) is 4.52 Å². The van der Waals surface area contributed by atoms with Crippen molar-refractivity contribution in [2.45, 2.75) is 13.8 Å². The zero-order valence-corrected chi connectivity index (χ0v) is 6.44. The second-order valence-corrected chi connectivity index (χ2v) is 2.57. The van der Waals surface area contributed by atoms with Crippen molar-refractivity contribution in [3.63, 3.8) is 0 Å². The van der Waals surface area contributed by atoms with Crippen molar-refractivity contribution < 1.29 is 0 Å². The van der Waals surface area contributed by atoms with Crippen molar-refractivity contribution in [1.29, 1.82) is 0 Å². The van der Waals surface area contributed by atoms with Crippen molar-refractivity contribution in [3.05, 3.63) is 23.4 Å². The van der Waals surface area contributed by atoms with Gasteiger partial charge in [0.1, 0.15) is 0 Å². The van der Waals surface area contributed by atoms with E-state index in [-0.39, 0.29) is 0 Å². The molecule has 4 heteroatoms. The Bertz CT molecular complexity index is 390. The highest BCUT2D eigenvalue weighted by atomic mass is 15.5. The highest BCUT2D eigenvalue weighted by molar-refractivity contribution is 5.48. The lowest BCUT2D eigenvalue weighted by molar-refractivity contribution is 0.822. The van der Waals surface area contributed by atoms with E-state index in [1.807, 2.05) is 26.1 Å². The van der Waals surface area contributed by atoms with Gasteiger partial charge in [-0.05, 0) is 41.5 Å². The molecule has 0 aliphatic carbocycles.